The number of piperidine rings is 2. The molecule has 7 aliphatic heterocycles. The van der Waals surface area contributed by atoms with Crippen LogP contribution in [0, 0.1) is 24.7 Å². The molecule has 18 heteroatoms. The third-order valence-corrected chi connectivity index (χ3v) is 15.9. The predicted molar refractivity (Wildman–Crippen MR) is 274 cm³/mol. The minimum absolute atomic E-state index is 0.0262. The summed E-state index contributed by atoms with van der Waals surface area (Å²) in [7, 11) is 0. The van der Waals surface area contributed by atoms with Crippen molar-refractivity contribution in [1.29, 1.82) is 0 Å². The molecule has 1 aromatic rings. The largest absolute Gasteiger partial charge is 0.507 e. The summed E-state index contributed by atoms with van der Waals surface area (Å²) in [6, 6.07) is 0. The highest BCUT2D eigenvalue weighted by Crippen LogP contribution is 2.50. The van der Waals surface area contributed by atoms with Crippen molar-refractivity contribution in [3.05, 3.63) is 69.8 Å². The number of phenols is 1. The molecule has 73 heavy (non-hydrogen) atoms. The van der Waals surface area contributed by atoms with Crippen LogP contribution in [0.15, 0.2) is 52.5 Å². The van der Waals surface area contributed by atoms with E-state index in [0.717, 1.165) is 45.8 Å². The lowest BCUT2D eigenvalue weighted by Crippen LogP contribution is -2.51. The summed E-state index contributed by atoms with van der Waals surface area (Å²) in [4.78, 5) is 84.6. The van der Waals surface area contributed by atoms with E-state index >= 15 is 0 Å². The molecule has 9 rings (SSSR count). The summed E-state index contributed by atoms with van der Waals surface area (Å²) >= 11 is 0. The molecule has 1 aromatic carbocycles. The Hall–Kier alpha value is -5.40. The minimum Gasteiger partial charge on any atom is -0.507 e. The number of esters is 1. The number of aliphatic imine (C=N–C) groups is 1. The molecule has 0 saturated carbocycles. The Morgan fingerprint density at radius 3 is 2.26 bits per heavy atom. The molecule has 5 N–H and O–H groups in total. The number of ether oxygens (including phenoxy) is 3. The number of carbonyl (C=O) groups excluding carboxylic acids is 5. The van der Waals surface area contributed by atoms with Gasteiger partial charge in [0.2, 0.25) is 11.7 Å². The van der Waals surface area contributed by atoms with Crippen LogP contribution in [0.3, 0.4) is 0 Å². The Morgan fingerprint density at radius 1 is 0.890 bits per heavy atom. The van der Waals surface area contributed by atoms with Crippen molar-refractivity contribution in [2.45, 2.75) is 136 Å². The molecule has 0 radical (unpaired) electrons. The fourth-order valence-corrected chi connectivity index (χ4v) is 11.1. The fraction of sp³-hybridized carbons (Fsp3) is 0.636. The molecule has 1 aliphatic carbocycles. The monoisotopic (exact) mass is 1010 g/mol. The standard InChI is InChI=1S/C55H77N7O11/c1-33(2)32-61-21-17-55(18-22-61)57-46-43-44-49(67)37(6)51-45(43)52(69)54(7,73-51)71-29-12-9-16-40(72-42(66)31-41(65)62-27-25-60(26-28-62)24-23-59-19-10-8-11-20-59)36(5)39(64)30-38(63)34(3)14-13-15-35(4)53(70)56-48(50(44)68)47(46)58-55/h12-15,29,33-34,36,38-40,58,63-64,67H,8-11,16-28,30-32H2,1-7H3,(H,56,70)/b14-13+,29-12+,35-15-/t34?,36-,38-,39?,40-,54+/m1/s1. The second-order valence-electron chi connectivity index (χ2n) is 21.9. The van der Waals surface area contributed by atoms with Gasteiger partial charge in [-0.05, 0) is 64.6 Å². The van der Waals surface area contributed by atoms with Crippen LogP contribution in [0.1, 0.15) is 131 Å². The highest BCUT2D eigenvalue weighted by molar-refractivity contribution is 6.34. The maximum atomic E-state index is 14.8. The van der Waals surface area contributed by atoms with Crippen LogP contribution >= 0.6 is 0 Å². The van der Waals surface area contributed by atoms with Crippen LogP contribution in [0.2, 0.25) is 0 Å². The number of allylic oxidation sites excluding steroid dienone is 5. The normalized spacial score (nSPS) is 30.2. The number of ketones is 2. The highest BCUT2D eigenvalue weighted by atomic mass is 16.7. The summed E-state index contributed by atoms with van der Waals surface area (Å²) in [6.45, 7) is 21.5. The van der Waals surface area contributed by atoms with Crippen LogP contribution < -0.4 is 15.4 Å². The van der Waals surface area contributed by atoms with Crippen LogP contribution in [0.4, 0.5) is 0 Å². The van der Waals surface area contributed by atoms with E-state index in [1.54, 1.807) is 56.9 Å². The molecule has 8 aliphatic rings. The zero-order valence-electron chi connectivity index (χ0n) is 43.8. The number of fused-ring (bicyclic) bond motifs is 13. The van der Waals surface area contributed by atoms with Crippen molar-refractivity contribution in [2.75, 3.05) is 72.0 Å². The summed E-state index contributed by atoms with van der Waals surface area (Å²) in [5.41, 5.74) is -0.164. The first-order chi connectivity index (χ1) is 34.8. The number of amides is 2. The lowest BCUT2D eigenvalue weighted by Gasteiger charge is -2.38. The smallest absolute Gasteiger partial charge is 0.315 e. The number of Topliss-reactive ketones (excluding diaryl/α,β-unsaturated/α-hetero) is 2. The molecular weight excluding hydrogens is 935 g/mol. The van der Waals surface area contributed by atoms with Gasteiger partial charge < -0.3 is 54.9 Å². The molecular formula is C55H77N7O11. The van der Waals surface area contributed by atoms with E-state index in [2.05, 4.69) is 39.2 Å². The summed E-state index contributed by atoms with van der Waals surface area (Å²) in [6.07, 6.45) is 9.65. The van der Waals surface area contributed by atoms with Gasteiger partial charge in [0, 0.05) is 114 Å². The summed E-state index contributed by atoms with van der Waals surface area (Å²) in [5, 5.41) is 41.0. The van der Waals surface area contributed by atoms with Gasteiger partial charge in [-0.2, -0.15) is 0 Å². The van der Waals surface area contributed by atoms with Crippen LogP contribution in [0.25, 0.3) is 0 Å². The number of rotatable bonds is 8. The Morgan fingerprint density at radius 2 is 1.58 bits per heavy atom. The number of piperazine rings is 1. The van der Waals surface area contributed by atoms with Gasteiger partial charge in [-0.3, -0.25) is 33.9 Å². The zero-order valence-corrected chi connectivity index (χ0v) is 43.8. The summed E-state index contributed by atoms with van der Waals surface area (Å²) < 4.78 is 18.4. The van der Waals surface area contributed by atoms with Crippen molar-refractivity contribution in [3.8, 4) is 11.5 Å². The Labute approximate surface area is 429 Å². The van der Waals surface area contributed by atoms with Gasteiger partial charge in [-0.1, -0.05) is 52.3 Å². The molecule has 1 spiro atoms. The first kappa shape index (κ1) is 53.9. The van der Waals surface area contributed by atoms with Gasteiger partial charge in [0.1, 0.15) is 35.4 Å². The number of aromatic hydroxyl groups is 1. The van der Waals surface area contributed by atoms with E-state index in [1.807, 2.05) is 0 Å². The van der Waals surface area contributed by atoms with Crippen molar-refractivity contribution in [1.82, 2.24) is 30.2 Å². The van der Waals surface area contributed by atoms with E-state index in [-0.39, 0.29) is 75.9 Å². The van der Waals surface area contributed by atoms with E-state index in [0.29, 0.717) is 44.9 Å². The quantitative estimate of drug-likeness (QED) is 0.179. The summed E-state index contributed by atoms with van der Waals surface area (Å²) in [5.74, 6) is -5.96. The number of nitrogens with zero attached hydrogens (tertiary/aromatic N) is 5. The second-order valence-corrected chi connectivity index (χ2v) is 21.9. The molecule has 18 nitrogen and oxygen atoms in total. The molecule has 5 bridgehead atoms. The third kappa shape index (κ3) is 11.8. The number of carbonyl (C=O) groups is 5. The van der Waals surface area contributed by atoms with Crippen LogP contribution in [0.5, 0.6) is 11.5 Å². The number of nitrogens with one attached hydrogen (secondary N) is 2. The van der Waals surface area contributed by atoms with E-state index in [4.69, 9.17) is 19.2 Å². The topological polar surface area (TPSA) is 223 Å². The molecule has 6 atom stereocenters. The van der Waals surface area contributed by atoms with Gasteiger partial charge in [-0.15, -0.1) is 0 Å². The predicted octanol–water partition coefficient (Wildman–Crippen LogP) is 4.50. The first-order valence-corrected chi connectivity index (χ1v) is 26.6. The molecule has 0 aromatic heterocycles. The molecule has 3 fully saturated rings. The molecule has 398 valence electrons. The lowest BCUT2D eigenvalue weighted by molar-refractivity contribution is -0.158. The highest BCUT2D eigenvalue weighted by Gasteiger charge is 2.54. The average molecular weight is 1010 g/mol. The Bertz CT molecular complexity index is 2460. The van der Waals surface area contributed by atoms with E-state index < -0.39 is 77.2 Å². The van der Waals surface area contributed by atoms with Crippen molar-refractivity contribution < 1.29 is 53.5 Å². The Balaban J connectivity index is 1.03. The number of phenolic OH excluding ortho intramolecular Hbond substituents is 1. The van der Waals surface area contributed by atoms with Crippen molar-refractivity contribution in [2.24, 2.45) is 22.7 Å². The van der Waals surface area contributed by atoms with Gasteiger partial charge in [-0.25, -0.2) is 0 Å². The number of hydrogen-bond donors (Lipinski definition) is 5. The molecule has 2 unspecified atom stereocenters. The minimum atomic E-state index is -1.94. The van der Waals surface area contributed by atoms with Crippen molar-refractivity contribution in [3.63, 3.8) is 0 Å². The Kier molecular flexibility index (Phi) is 16.7. The van der Waals surface area contributed by atoms with Gasteiger partial charge in [0.25, 0.3) is 11.7 Å². The molecule has 3 saturated heterocycles. The maximum Gasteiger partial charge on any atom is 0.315 e. The van der Waals surface area contributed by atoms with E-state index in [1.165, 1.54) is 32.4 Å². The fourth-order valence-electron chi connectivity index (χ4n) is 11.1. The number of aliphatic hydroxyl groups excluding tert-OH is 2. The average Bonchev–Trinajstić information content (AvgIpc) is 3.86. The second kappa shape index (κ2) is 22.6. The van der Waals surface area contributed by atoms with Gasteiger partial charge in [0.05, 0.1) is 41.0 Å². The maximum absolute atomic E-state index is 14.8. The first-order valence-electron chi connectivity index (χ1n) is 26.6. The SMILES string of the molecule is C/C1=C/C=C/C(C)[C@H](O)CC(O)[C@@H](C)[C@H](OC(=O)CC(=O)N2CCN(CCN3CCCCC3)CC2)CC/C=C/O[C@@]2(C)Oc3c(C)c(O)c4c(c3C2=O)C2=NC3(CCN(CC(C)C)CC3)NC2=C(NC1=O)C4=O. The number of hydrogen-bond acceptors (Lipinski definition) is 16. The van der Waals surface area contributed by atoms with Crippen LogP contribution in [-0.2, 0) is 23.9 Å². The number of benzene rings is 1. The number of aliphatic hydroxyl groups is 2. The molecule has 2 amide bonds. The van der Waals surface area contributed by atoms with Crippen molar-refractivity contribution >= 4 is 35.1 Å². The zero-order chi connectivity index (χ0) is 52.4. The van der Waals surface area contributed by atoms with Gasteiger partial charge >= 0.3 is 11.8 Å². The third-order valence-electron chi connectivity index (χ3n) is 15.9. The lowest BCUT2D eigenvalue weighted by atomic mass is 9.82. The number of likely N-dealkylation sites (tertiary alicyclic amines) is 2. The molecule has 7 heterocycles. The van der Waals surface area contributed by atoms with Gasteiger partial charge in [0.15, 0.2) is 0 Å². The van der Waals surface area contributed by atoms with E-state index in [9.17, 15) is 39.3 Å². The van der Waals surface area contributed by atoms with Crippen LogP contribution in [-0.4, -0.2) is 172 Å².